The molecular weight excluding hydrogens is 468 g/mol. The SMILES string of the molecule is CN1CC/C(=N\c2cccc3c2cc(-c2noc(CNC(=O)C4CC4)n2)n3CC(F)(F)F)[C@@H](F)C1. The molecular formula is C23H24F4N6O2. The maximum atomic E-state index is 14.6. The van der Waals surface area contributed by atoms with Gasteiger partial charge in [-0.1, -0.05) is 11.2 Å². The lowest BCUT2D eigenvalue weighted by molar-refractivity contribution is -0.139. The summed E-state index contributed by atoms with van der Waals surface area (Å²) in [5.74, 6) is -0.0627. The van der Waals surface area contributed by atoms with Gasteiger partial charge >= 0.3 is 6.18 Å². The molecule has 1 saturated heterocycles. The first-order valence-electron chi connectivity index (χ1n) is 11.4. The number of halogens is 4. The van der Waals surface area contributed by atoms with E-state index in [0.717, 1.165) is 17.4 Å². The van der Waals surface area contributed by atoms with Gasteiger partial charge in [0.2, 0.25) is 17.6 Å². The monoisotopic (exact) mass is 492 g/mol. The van der Waals surface area contributed by atoms with Crippen molar-refractivity contribution in [1.82, 2.24) is 24.9 Å². The van der Waals surface area contributed by atoms with Crippen molar-refractivity contribution in [2.24, 2.45) is 10.9 Å². The second kappa shape index (κ2) is 9.06. The summed E-state index contributed by atoms with van der Waals surface area (Å²) in [5, 5.41) is 6.97. The quantitative estimate of drug-likeness (QED) is 0.525. The fraction of sp³-hybridized carbons (Fsp3) is 0.478. The third-order valence-corrected chi connectivity index (χ3v) is 6.17. The van der Waals surface area contributed by atoms with Crippen LogP contribution in [0.2, 0.25) is 0 Å². The summed E-state index contributed by atoms with van der Waals surface area (Å²) in [6, 6.07) is 6.31. The molecule has 1 aliphatic carbocycles. The molecule has 1 amide bonds. The molecule has 2 aliphatic rings. The zero-order valence-corrected chi connectivity index (χ0v) is 19.0. The highest BCUT2D eigenvalue weighted by Gasteiger charge is 2.32. The Morgan fingerprint density at radius 3 is 2.83 bits per heavy atom. The Morgan fingerprint density at radius 1 is 1.31 bits per heavy atom. The van der Waals surface area contributed by atoms with E-state index in [9.17, 15) is 22.4 Å². The fourth-order valence-electron chi connectivity index (χ4n) is 4.20. The standard InChI is InChI=1S/C23H24F4N6O2/c1-32-8-7-17(15(24)11-32)29-16-3-2-4-18-14(16)9-19(33(18)12-23(25,26)27)21-30-20(35-31-21)10-28-22(34)13-5-6-13/h2-4,9,13,15H,5-8,10-12H2,1H3,(H,28,34)/b29-17+/t15-/m0/s1. The second-order valence-corrected chi connectivity index (χ2v) is 9.03. The van der Waals surface area contributed by atoms with Gasteiger partial charge in [0.05, 0.1) is 29.2 Å². The van der Waals surface area contributed by atoms with Crippen LogP contribution in [0.5, 0.6) is 0 Å². The van der Waals surface area contributed by atoms with Crippen LogP contribution < -0.4 is 5.32 Å². The van der Waals surface area contributed by atoms with E-state index < -0.39 is 18.9 Å². The van der Waals surface area contributed by atoms with E-state index in [-0.39, 0.29) is 47.8 Å². The second-order valence-electron chi connectivity index (χ2n) is 9.03. The minimum Gasteiger partial charge on any atom is -0.347 e. The molecule has 186 valence electrons. The molecule has 2 aromatic heterocycles. The topological polar surface area (TPSA) is 88.6 Å². The van der Waals surface area contributed by atoms with Crippen LogP contribution in [0.1, 0.15) is 25.2 Å². The molecule has 1 N–H and O–H groups in total. The summed E-state index contributed by atoms with van der Waals surface area (Å²) in [6.07, 6.45) is -3.64. The van der Waals surface area contributed by atoms with Crippen molar-refractivity contribution in [1.29, 1.82) is 0 Å². The number of alkyl halides is 4. The van der Waals surface area contributed by atoms with Crippen molar-refractivity contribution in [3.63, 3.8) is 0 Å². The first-order chi connectivity index (χ1) is 16.7. The number of nitrogens with zero attached hydrogens (tertiary/aromatic N) is 5. The largest absolute Gasteiger partial charge is 0.406 e. The number of carbonyl (C=O) groups excluding carboxylic acids is 1. The Balaban J connectivity index is 1.51. The Kier molecular flexibility index (Phi) is 6.07. The van der Waals surface area contributed by atoms with Crippen molar-refractivity contribution < 1.29 is 26.9 Å². The Labute approximate surface area is 198 Å². The van der Waals surface area contributed by atoms with E-state index in [1.54, 1.807) is 18.2 Å². The molecule has 1 saturated carbocycles. The minimum absolute atomic E-state index is 0.000214. The van der Waals surface area contributed by atoms with Gasteiger partial charge in [0, 0.05) is 30.8 Å². The summed E-state index contributed by atoms with van der Waals surface area (Å²) >= 11 is 0. The van der Waals surface area contributed by atoms with E-state index >= 15 is 0 Å². The first-order valence-corrected chi connectivity index (χ1v) is 11.4. The highest BCUT2D eigenvalue weighted by Crippen LogP contribution is 2.36. The fourth-order valence-corrected chi connectivity index (χ4v) is 4.20. The van der Waals surface area contributed by atoms with Crippen molar-refractivity contribution in [3.8, 4) is 11.5 Å². The number of fused-ring (bicyclic) bond motifs is 1. The number of likely N-dealkylation sites (tertiary alicyclic amines) is 1. The summed E-state index contributed by atoms with van der Waals surface area (Å²) in [6.45, 7) is -0.408. The van der Waals surface area contributed by atoms with E-state index in [1.807, 2.05) is 11.9 Å². The molecule has 5 rings (SSSR count). The van der Waals surface area contributed by atoms with Crippen molar-refractivity contribution in [2.75, 3.05) is 20.1 Å². The van der Waals surface area contributed by atoms with Gasteiger partial charge in [-0.15, -0.1) is 0 Å². The van der Waals surface area contributed by atoms with Gasteiger partial charge in [-0.2, -0.15) is 18.2 Å². The lowest BCUT2D eigenvalue weighted by Gasteiger charge is -2.26. The summed E-state index contributed by atoms with van der Waals surface area (Å²) in [4.78, 5) is 22.4. The summed E-state index contributed by atoms with van der Waals surface area (Å²) in [5.41, 5.74) is 1.12. The highest BCUT2D eigenvalue weighted by molar-refractivity contribution is 5.99. The molecule has 3 heterocycles. The van der Waals surface area contributed by atoms with E-state index in [1.165, 1.54) is 6.07 Å². The number of aliphatic imine (C=N–C) groups is 1. The number of rotatable bonds is 6. The summed E-state index contributed by atoms with van der Waals surface area (Å²) < 4.78 is 61.2. The van der Waals surface area contributed by atoms with Crippen LogP contribution in [0.15, 0.2) is 33.8 Å². The predicted octanol–water partition coefficient (Wildman–Crippen LogP) is 4.03. The molecule has 1 aliphatic heterocycles. The number of carbonyl (C=O) groups is 1. The van der Waals surface area contributed by atoms with Crippen molar-refractivity contribution in [3.05, 3.63) is 30.2 Å². The van der Waals surface area contributed by atoms with Crippen LogP contribution in [0.4, 0.5) is 23.2 Å². The summed E-state index contributed by atoms with van der Waals surface area (Å²) in [7, 11) is 1.82. The number of aromatic nitrogens is 3. The molecule has 35 heavy (non-hydrogen) atoms. The van der Waals surface area contributed by atoms with Crippen LogP contribution in [0.25, 0.3) is 22.4 Å². The normalized spacial score (nSPS) is 20.6. The van der Waals surface area contributed by atoms with Crippen molar-refractivity contribution in [2.45, 2.75) is 44.7 Å². The van der Waals surface area contributed by atoms with Gasteiger partial charge in [0.25, 0.3) is 0 Å². The number of nitrogens with one attached hydrogen (secondary N) is 1. The average molecular weight is 492 g/mol. The smallest absolute Gasteiger partial charge is 0.347 e. The van der Waals surface area contributed by atoms with Crippen molar-refractivity contribution >= 4 is 28.2 Å². The van der Waals surface area contributed by atoms with E-state index in [2.05, 4.69) is 20.4 Å². The molecule has 3 aromatic rings. The average Bonchev–Trinajstić information content (AvgIpc) is 3.44. The van der Waals surface area contributed by atoms with Gasteiger partial charge in [-0.05, 0) is 38.1 Å². The number of benzene rings is 1. The molecule has 2 fully saturated rings. The Morgan fingerprint density at radius 2 is 2.11 bits per heavy atom. The van der Waals surface area contributed by atoms with Crippen LogP contribution in [-0.2, 0) is 17.9 Å². The van der Waals surface area contributed by atoms with Gasteiger partial charge in [0.15, 0.2) is 6.17 Å². The number of hydrogen-bond donors (Lipinski definition) is 1. The number of amides is 1. The number of hydrogen-bond acceptors (Lipinski definition) is 6. The molecule has 1 aromatic carbocycles. The molecule has 1 atom stereocenters. The van der Waals surface area contributed by atoms with Gasteiger partial charge in [0.1, 0.15) is 6.54 Å². The van der Waals surface area contributed by atoms with Crippen LogP contribution in [-0.4, -0.2) is 63.7 Å². The Hall–Kier alpha value is -3.28. The van der Waals surface area contributed by atoms with Crippen LogP contribution >= 0.6 is 0 Å². The zero-order chi connectivity index (χ0) is 24.7. The molecule has 0 unspecified atom stereocenters. The van der Waals surface area contributed by atoms with E-state index in [4.69, 9.17) is 4.52 Å². The van der Waals surface area contributed by atoms with Gasteiger partial charge < -0.3 is 19.3 Å². The Bertz CT molecular complexity index is 1280. The van der Waals surface area contributed by atoms with Gasteiger partial charge in [-0.3, -0.25) is 9.79 Å². The predicted molar refractivity (Wildman–Crippen MR) is 120 cm³/mol. The third kappa shape index (κ3) is 5.21. The number of piperidine rings is 1. The zero-order valence-electron chi connectivity index (χ0n) is 19.0. The molecule has 8 nitrogen and oxygen atoms in total. The minimum atomic E-state index is -4.51. The lowest BCUT2D eigenvalue weighted by Crippen LogP contribution is -2.39. The first kappa shape index (κ1) is 23.5. The third-order valence-electron chi connectivity index (χ3n) is 6.17. The van der Waals surface area contributed by atoms with Gasteiger partial charge in [-0.25, -0.2) is 4.39 Å². The highest BCUT2D eigenvalue weighted by atomic mass is 19.4. The maximum Gasteiger partial charge on any atom is 0.406 e. The lowest BCUT2D eigenvalue weighted by atomic mass is 10.1. The van der Waals surface area contributed by atoms with Crippen LogP contribution in [0.3, 0.4) is 0 Å². The molecule has 0 radical (unpaired) electrons. The molecule has 12 heteroatoms. The molecule has 0 spiro atoms. The van der Waals surface area contributed by atoms with Crippen LogP contribution in [0, 0.1) is 5.92 Å². The van der Waals surface area contributed by atoms with E-state index in [0.29, 0.717) is 29.8 Å². The maximum absolute atomic E-state index is 14.6. The molecule has 0 bridgehead atoms.